The molecule has 4 nitrogen and oxygen atoms in total. The van der Waals surface area contributed by atoms with Gasteiger partial charge >= 0.3 is 6.09 Å². The molecule has 1 atom stereocenters. The zero-order valence-electron chi connectivity index (χ0n) is 12.0. The highest BCUT2D eigenvalue weighted by Gasteiger charge is 2.31. The molecule has 1 heterocycles. The Balaban J connectivity index is 1.98. The molecule has 114 valence electrons. The molecule has 1 aliphatic heterocycles. The molecule has 1 amide bonds. The van der Waals surface area contributed by atoms with Gasteiger partial charge in [-0.2, -0.15) is 0 Å². The predicted molar refractivity (Wildman–Crippen MR) is 81.3 cm³/mol. The smallest absolute Gasteiger partial charge is 0.410 e. The minimum absolute atomic E-state index is 0.0624. The van der Waals surface area contributed by atoms with E-state index in [1.807, 2.05) is 30.3 Å². The van der Waals surface area contributed by atoms with Gasteiger partial charge < -0.3 is 4.74 Å². The van der Waals surface area contributed by atoms with Crippen molar-refractivity contribution in [2.24, 2.45) is 0 Å². The van der Waals surface area contributed by atoms with Gasteiger partial charge in [0, 0.05) is 6.54 Å². The second-order valence-electron chi connectivity index (χ2n) is 5.20. The third-order valence-electron chi connectivity index (χ3n) is 3.70. The zero-order chi connectivity index (χ0) is 15.1. The van der Waals surface area contributed by atoms with Crippen molar-refractivity contribution in [3.8, 4) is 0 Å². The molecule has 2 rings (SSSR count). The number of carbonyl (C=O) groups excluding carboxylic acids is 2. The number of likely N-dealkylation sites (tertiary alicyclic amines) is 1. The van der Waals surface area contributed by atoms with E-state index in [1.165, 1.54) is 0 Å². The van der Waals surface area contributed by atoms with Crippen molar-refractivity contribution in [2.75, 3.05) is 12.4 Å². The number of amides is 1. The van der Waals surface area contributed by atoms with E-state index in [0.717, 1.165) is 24.8 Å². The Morgan fingerprint density at radius 3 is 2.67 bits per heavy atom. The molecule has 21 heavy (non-hydrogen) atoms. The molecule has 0 spiro atoms. The van der Waals surface area contributed by atoms with Crippen LogP contribution in [0.15, 0.2) is 30.3 Å². The highest BCUT2D eigenvalue weighted by molar-refractivity contribution is 6.28. The maximum absolute atomic E-state index is 12.3. The van der Waals surface area contributed by atoms with Gasteiger partial charge in [0.05, 0.1) is 11.9 Å². The second-order valence-corrected chi connectivity index (χ2v) is 5.47. The molecular weight excluding hydrogens is 290 g/mol. The largest absolute Gasteiger partial charge is 0.445 e. The van der Waals surface area contributed by atoms with Crippen LogP contribution in [0.5, 0.6) is 0 Å². The summed E-state index contributed by atoms with van der Waals surface area (Å²) >= 11 is 5.65. The van der Waals surface area contributed by atoms with Gasteiger partial charge in [-0.25, -0.2) is 4.79 Å². The predicted octanol–water partition coefficient (Wildman–Crippen LogP) is 3.38. The molecule has 0 bridgehead atoms. The quantitative estimate of drug-likeness (QED) is 0.801. The van der Waals surface area contributed by atoms with Crippen molar-refractivity contribution in [1.82, 2.24) is 4.90 Å². The average molecular weight is 310 g/mol. The molecule has 0 radical (unpaired) electrons. The lowest BCUT2D eigenvalue weighted by Crippen LogP contribution is -2.45. The number of ether oxygens (including phenoxy) is 1. The van der Waals surface area contributed by atoms with Crippen LogP contribution >= 0.6 is 11.6 Å². The molecule has 1 saturated heterocycles. The number of carbonyl (C=O) groups is 2. The number of ketones is 1. The number of hydrogen-bond acceptors (Lipinski definition) is 3. The van der Waals surface area contributed by atoms with Crippen LogP contribution in [-0.2, 0) is 16.1 Å². The highest BCUT2D eigenvalue weighted by atomic mass is 35.5. The van der Waals surface area contributed by atoms with Crippen molar-refractivity contribution < 1.29 is 14.3 Å². The maximum Gasteiger partial charge on any atom is 0.410 e. The van der Waals surface area contributed by atoms with Crippen LogP contribution in [0.1, 0.15) is 31.2 Å². The van der Waals surface area contributed by atoms with E-state index in [4.69, 9.17) is 16.3 Å². The van der Waals surface area contributed by atoms with Gasteiger partial charge in [-0.15, -0.1) is 11.6 Å². The molecule has 0 N–H and O–H groups in total. The first-order chi connectivity index (χ1) is 10.2. The average Bonchev–Trinajstić information content (AvgIpc) is 2.78. The summed E-state index contributed by atoms with van der Waals surface area (Å²) in [7, 11) is 0. The fourth-order valence-electron chi connectivity index (χ4n) is 2.55. The Hall–Kier alpha value is -1.55. The SMILES string of the molecule is O=C(CCl)C1CCCCCN1C(=O)OCc1ccccc1. The van der Waals surface area contributed by atoms with E-state index in [2.05, 4.69) is 0 Å². The van der Waals surface area contributed by atoms with Crippen molar-refractivity contribution in [3.63, 3.8) is 0 Å². The first-order valence-corrected chi connectivity index (χ1v) is 7.82. The molecule has 5 heteroatoms. The number of rotatable bonds is 4. The van der Waals surface area contributed by atoms with E-state index >= 15 is 0 Å². The zero-order valence-corrected chi connectivity index (χ0v) is 12.7. The second kappa shape index (κ2) is 8.03. The summed E-state index contributed by atoms with van der Waals surface area (Å²) in [6.45, 7) is 0.777. The van der Waals surface area contributed by atoms with Crippen LogP contribution < -0.4 is 0 Å². The summed E-state index contributed by atoms with van der Waals surface area (Å²) in [5, 5.41) is 0. The lowest BCUT2D eigenvalue weighted by Gasteiger charge is -2.27. The van der Waals surface area contributed by atoms with Gasteiger partial charge in [0.2, 0.25) is 0 Å². The summed E-state index contributed by atoms with van der Waals surface area (Å²) in [4.78, 5) is 25.7. The van der Waals surface area contributed by atoms with Crippen LogP contribution in [0.3, 0.4) is 0 Å². The minimum atomic E-state index is -0.437. The van der Waals surface area contributed by atoms with E-state index in [0.29, 0.717) is 13.0 Å². The van der Waals surface area contributed by atoms with E-state index in [1.54, 1.807) is 4.90 Å². The first-order valence-electron chi connectivity index (χ1n) is 7.28. The minimum Gasteiger partial charge on any atom is -0.445 e. The molecule has 1 aliphatic rings. The first kappa shape index (κ1) is 15.8. The van der Waals surface area contributed by atoms with Crippen LogP contribution in [0, 0.1) is 0 Å². The van der Waals surface area contributed by atoms with Gasteiger partial charge in [0.25, 0.3) is 0 Å². The number of benzene rings is 1. The Morgan fingerprint density at radius 1 is 1.19 bits per heavy atom. The summed E-state index contributed by atoms with van der Waals surface area (Å²) in [6, 6.07) is 9.07. The van der Waals surface area contributed by atoms with Crippen molar-refractivity contribution in [2.45, 2.75) is 38.3 Å². The molecule has 1 aromatic carbocycles. The Morgan fingerprint density at radius 2 is 1.95 bits per heavy atom. The Labute approximate surface area is 130 Å². The summed E-state index contributed by atoms with van der Waals surface area (Å²) < 4.78 is 5.34. The molecule has 1 unspecified atom stereocenters. The molecule has 0 saturated carbocycles. The lowest BCUT2D eigenvalue weighted by atomic mass is 10.1. The van der Waals surface area contributed by atoms with Crippen molar-refractivity contribution in [1.29, 1.82) is 0 Å². The Kier molecular flexibility index (Phi) is 6.05. The normalized spacial score (nSPS) is 18.9. The number of alkyl halides is 1. The fraction of sp³-hybridized carbons (Fsp3) is 0.500. The van der Waals surface area contributed by atoms with Crippen molar-refractivity contribution >= 4 is 23.5 Å². The maximum atomic E-state index is 12.3. The summed E-state index contributed by atoms with van der Waals surface area (Å²) in [5.74, 6) is -0.164. The molecule has 0 aliphatic carbocycles. The Bertz CT molecular complexity index is 478. The molecule has 0 aromatic heterocycles. The van der Waals surface area contributed by atoms with Crippen LogP contribution in [0.2, 0.25) is 0 Å². The van der Waals surface area contributed by atoms with Gasteiger partial charge in [0.1, 0.15) is 6.61 Å². The molecule has 1 fully saturated rings. The summed E-state index contributed by atoms with van der Waals surface area (Å²) in [5.41, 5.74) is 0.931. The van der Waals surface area contributed by atoms with Gasteiger partial charge in [-0.1, -0.05) is 43.2 Å². The van der Waals surface area contributed by atoms with Crippen LogP contribution in [0.4, 0.5) is 4.79 Å². The van der Waals surface area contributed by atoms with E-state index in [-0.39, 0.29) is 18.3 Å². The lowest BCUT2D eigenvalue weighted by molar-refractivity contribution is -0.121. The fourth-order valence-corrected chi connectivity index (χ4v) is 2.73. The highest BCUT2D eigenvalue weighted by Crippen LogP contribution is 2.19. The molecule has 1 aromatic rings. The number of Topliss-reactive ketones (excluding diaryl/α,β-unsaturated/α-hetero) is 1. The van der Waals surface area contributed by atoms with Gasteiger partial charge in [-0.3, -0.25) is 9.69 Å². The number of nitrogens with zero attached hydrogens (tertiary/aromatic N) is 1. The third-order valence-corrected chi connectivity index (χ3v) is 3.96. The monoisotopic (exact) mass is 309 g/mol. The van der Waals surface area contributed by atoms with Crippen LogP contribution in [-0.4, -0.2) is 35.2 Å². The number of hydrogen-bond donors (Lipinski definition) is 0. The van der Waals surface area contributed by atoms with Crippen LogP contribution in [0.25, 0.3) is 0 Å². The van der Waals surface area contributed by atoms with E-state index < -0.39 is 12.1 Å². The summed E-state index contributed by atoms with van der Waals surface area (Å²) in [6.07, 6.45) is 3.10. The van der Waals surface area contributed by atoms with E-state index in [9.17, 15) is 9.59 Å². The molecular formula is C16H20ClNO3. The topological polar surface area (TPSA) is 46.6 Å². The van der Waals surface area contributed by atoms with Gasteiger partial charge in [-0.05, 0) is 18.4 Å². The standard InChI is InChI=1S/C16H20ClNO3/c17-11-15(19)14-9-5-2-6-10-18(14)16(20)21-12-13-7-3-1-4-8-13/h1,3-4,7-8,14H,2,5-6,9-12H2. The number of halogens is 1. The van der Waals surface area contributed by atoms with Crippen molar-refractivity contribution in [3.05, 3.63) is 35.9 Å². The third kappa shape index (κ3) is 4.46. The van der Waals surface area contributed by atoms with Gasteiger partial charge in [0.15, 0.2) is 5.78 Å².